The number of rotatable bonds is 5. The minimum atomic E-state index is 0.106. The molecule has 0 aromatic heterocycles. The maximum Gasteiger partial charge on any atom is 0.227 e. The summed E-state index contributed by atoms with van der Waals surface area (Å²) < 4.78 is 5.41. The van der Waals surface area contributed by atoms with Gasteiger partial charge < -0.3 is 15.4 Å². The van der Waals surface area contributed by atoms with Crippen LogP contribution in [0.4, 0.5) is 0 Å². The van der Waals surface area contributed by atoms with Crippen molar-refractivity contribution in [3.63, 3.8) is 0 Å². The van der Waals surface area contributed by atoms with Crippen LogP contribution in [-0.2, 0) is 11.2 Å². The largest absolute Gasteiger partial charge is 0.494 e. The molecular weight excluding hydrogens is 264 g/mol. The van der Waals surface area contributed by atoms with Crippen LogP contribution in [0.3, 0.4) is 0 Å². The van der Waals surface area contributed by atoms with Crippen molar-refractivity contribution in [1.82, 2.24) is 4.90 Å². The van der Waals surface area contributed by atoms with E-state index in [4.69, 9.17) is 10.5 Å². The van der Waals surface area contributed by atoms with E-state index in [1.54, 1.807) is 0 Å². The van der Waals surface area contributed by atoms with Crippen molar-refractivity contribution in [3.05, 3.63) is 29.8 Å². The molecule has 0 radical (unpaired) electrons. The van der Waals surface area contributed by atoms with E-state index in [1.807, 2.05) is 36.1 Å². The van der Waals surface area contributed by atoms with Gasteiger partial charge in [-0.05, 0) is 36.5 Å². The lowest BCUT2D eigenvalue weighted by Crippen LogP contribution is -2.33. The molecule has 4 heteroatoms. The van der Waals surface area contributed by atoms with Crippen LogP contribution < -0.4 is 10.5 Å². The van der Waals surface area contributed by atoms with Gasteiger partial charge in [-0.1, -0.05) is 26.0 Å². The average Bonchev–Trinajstić information content (AvgIpc) is 2.84. The predicted molar refractivity (Wildman–Crippen MR) is 84.2 cm³/mol. The fourth-order valence-electron chi connectivity index (χ4n) is 2.92. The van der Waals surface area contributed by atoms with Crippen LogP contribution in [0, 0.1) is 11.8 Å². The minimum absolute atomic E-state index is 0.106. The molecule has 116 valence electrons. The highest BCUT2D eigenvalue weighted by atomic mass is 16.5. The van der Waals surface area contributed by atoms with Crippen LogP contribution in [0.25, 0.3) is 0 Å². The third-order valence-corrected chi connectivity index (χ3v) is 4.21. The monoisotopic (exact) mass is 290 g/mol. The topological polar surface area (TPSA) is 55.6 Å². The standard InChI is InChI=1S/C17H26N2O2/c1-4-21-14-7-5-13(6-8-14)9-17(20)19-10-15(12(2)3)16(18)11-19/h5-8,12,15-16H,4,9-11,18H2,1-3H3/t15-,16+/m0/s1. The van der Waals surface area contributed by atoms with Gasteiger partial charge in [0.15, 0.2) is 0 Å². The Hall–Kier alpha value is -1.55. The molecule has 1 aromatic carbocycles. The number of nitrogens with two attached hydrogens (primary N) is 1. The third-order valence-electron chi connectivity index (χ3n) is 4.21. The van der Waals surface area contributed by atoms with Crippen molar-refractivity contribution in [2.45, 2.75) is 33.2 Å². The van der Waals surface area contributed by atoms with Crippen molar-refractivity contribution in [2.24, 2.45) is 17.6 Å². The van der Waals surface area contributed by atoms with Gasteiger partial charge in [0.05, 0.1) is 13.0 Å². The van der Waals surface area contributed by atoms with Crippen molar-refractivity contribution in [2.75, 3.05) is 19.7 Å². The summed E-state index contributed by atoms with van der Waals surface area (Å²) in [5.41, 5.74) is 7.16. The molecule has 0 bridgehead atoms. The highest BCUT2D eigenvalue weighted by Crippen LogP contribution is 2.23. The number of amides is 1. The van der Waals surface area contributed by atoms with Gasteiger partial charge in [0, 0.05) is 19.1 Å². The second-order valence-electron chi connectivity index (χ2n) is 6.12. The number of carbonyl (C=O) groups excluding carboxylic acids is 1. The van der Waals surface area contributed by atoms with Crippen molar-refractivity contribution < 1.29 is 9.53 Å². The number of hydrogen-bond donors (Lipinski definition) is 1. The highest BCUT2D eigenvalue weighted by Gasteiger charge is 2.34. The number of likely N-dealkylation sites (tertiary alicyclic amines) is 1. The number of ether oxygens (including phenoxy) is 1. The fraction of sp³-hybridized carbons (Fsp3) is 0.588. The quantitative estimate of drug-likeness (QED) is 0.903. The molecule has 4 nitrogen and oxygen atoms in total. The highest BCUT2D eigenvalue weighted by molar-refractivity contribution is 5.79. The predicted octanol–water partition coefficient (Wildman–Crippen LogP) is 2.07. The molecule has 2 rings (SSSR count). The Labute approximate surface area is 127 Å². The zero-order valence-electron chi connectivity index (χ0n) is 13.2. The molecule has 0 spiro atoms. The van der Waals surface area contributed by atoms with E-state index < -0.39 is 0 Å². The van der Waals surface area contributed by atoms with Crippen molar-refractivity contribution in [1.29, 1.82) is 0 Å². The zero-order chi connectivity index (χ0) is 15.4. The normalized spacial score (nSPS) is 21.9. The Morgan fingerprint density at radius 1 is 1.33 bits per heavy atom. The Bertz CT molecular complexity index is 470. The second kappa shape index (κ2) is 6.94. The number of benzene rings is 1. The van der Waals surface area contributed by atoms with E-state index in [1.165, 1.54) is 0 Å². The van der Waals surface area contributed by atoms with Gasteiger partial charge in [-0.3, -0.25) is 4.79 Å². The molecule has 0 aliphatic carbocycles. The van der Waals surface area contributed by atoms with Gasteiger partial charge in [-0.15, -0.1) is 0 Å². The molecule has 21 heavy (non-hydrogen) atoms. The van der Waals surface area contributed by atoms with Gasteiger partial charge in [-0.2, -0.15) is 0 Å². The smallest absolute Gasteiger partial charge is 0.227 e. The first-order valence-electron chi connectivity index (χ1n) is 7.76. The first-order chi connectivity index (χ1) is 10.0. The van der Waals surface area contributed by atoms with Crippen molar-refractivity contribution in [3.8, 4) is 5.75 Å². The molecule has 2 atom stereocenters. The first kappa shape index (κ1) is 15.8. The molecule has 1 aromatic rings. The van der Waals surface area contributed by atoms with Gasteiger partial charge in [0.1, 0.15) is 5.75 Å². The van der Waals surface area contributed by atoms with Crippen LogP contribution in [0.2, 0.25) is 0 Å². The SMILES string of the molecule is CCOc1ccc(CC(=O)N2C[C@@H](N)[C@H](C(C)C)C2)cc1. The summed E-state index contributed by atoms with van der Waals surface area (Å²) in [7, 11) is 0. The van der Waals surface area contributed by atoms with Gasteiger partial charge in [0.25, 0.3) is 0 Å². The first-order valence-corrected chi connectivity index (χ1v) is 7.76. The maximum atomic E-state index is 12.4. The van der Waals surface area contributed by atoms with Crippen LogP contribution in [-0.4, -0.2) is 36.5 Å². The molecular formula is C17H26N2O2. The summed E-state index contributed by atoms with van der Waals surface area (Å²) in [6, 6.07) is 7.85. The summed E-state index contributed by atoms with van der Waals surface area (Å²) in [6.07, 6.45) is 0.434. The Kier molecular flexibility index (Phi) is 5.23. The van der Waals surface area contributed by atoms with E-state index in [2.05, 4.69) is 13.8 Å². The van der Waals surface area contributed by atoms with E-state index in [9.17, 15) is 4.79 Å². The molecule has 1 heterocycles. The summed E-state index contributed by atoms with van der Waals surface area (Å²) in [5, 5.41) is 0. The summed E-state index contributed by atoms with van der Waals surface area (Å²) >= 11 is 0. The summed E-state index contributed by atoms with van der Waals surface area (Å²) in [6.45, 7) is 8.42. The average molecular weight is 290 g/mol. The van der Waals surface area contributed by atoms with E-state index >= 15 is 0 Å². The zero-order valence-corrected chi connectivity index (χ0v) is 13.2. The summed E-state index contributed by atoms with van der Waals surface area (Å²) in [4.78, 5) is 14.3. The van der Waals surface area contributed by atoms with E-state index in [-0.39, 0.29) is 11.9 Å². The molecule has 0 unspecified atom stereocenters. The summed E-state index contributed by atoms with van der Waals surface area (Å²) in [5.74, 6) is 1.94. The van der Waals surface area contributed by atoms with Gasteiger partial charge >= 0.3 is 0 Å². The fourth-order valence-corrected chi connectivity index (χ4v) is 2.92. The molecule has 1 saturated heterocycles. The van der Waals surface area contributed by atoms with Crippen molar-refractivity contribution >= 4 is 5.91 Å². The number of nitrogens with zero attached hydrogens (tertiary/aromatic N) is 1. The van der Waals surface area contributed by atoms with Gasteiger partial charge in [-0.25, -0.2) is 0 Å². The lowest BCUT2D eigenvalue weighted by atomic mass is 9.92. The van der Waals surface area contributed by atoms with E-state index in [0.29, 0.717) is 31.4 Å². The van der Waals surface area contributed by atoms with Crippen LogP contribution in [0.15, 0.2) is 24.3 Å². The van der Waals surface area contributed by atoms with E-state index in [0.717, 1.165) is 17.9 Å². The minimum Gasteiger partial charge on any atom is -0.494 e. The molecule has 1 fully saturated rings. The Balaban J connectivity index is 1.92. The van der Waals surface area contributed by atoms with Crippen LogP contribution in [0.5, 0.6) is 5.75 Å². The second-order valence-corrected chi connectivity index (χ2v) is 6.12. The molecule has 1 amide bonds. The molecule has 2 N–H and O–H groups in total. The molecule has 1 aliphatic rings. The number of hydrogen-bond acceptors (Lipinski definition) is 3. The lowest BCUT2D eigenvalue weighted by molar-refractivity contribution is -0.129. The molecule has 1 aliphatic heterocycles. The Morgan fingerprint density at radius 3 is 2.52 bits per heavy atom. The maximum absolute atomic E-state index is 12.4. The lowest BCUT2D eigenvalue weighted by Gasteiger charge is -2.18. The molecule has 0 saturated carbocycles. The van der Waals surface area contributed by atoms with Crippen LogP contribution >= 0.6 is 0 Å². The van der Waals surface area contributed by atoms with Crippen LogP contribution in [0.1, 0.15) is 26.3 Å². The Morgan fingerprint density at radius 2 is 2.00 bits per heavy atom. The third kappa shape index (κ3) is 3.97. The number of carbonyl (C=O) groups is 1. The van der Waals surface area contributed by atoms with Gasteiger partial charge in [0.2, 0.25) is 5.91 Å².